The number of hydrogen-bond acceptors (Lipinski definition) is 4. The quantitative estimate of drug-likeness (QED) is 0.653. The molecule has 7 heteroatoms. The SMILES string of the molecule is O=C1C[C@@H](C(=O)N2CCC[C@@H]2c2nc3ccccc3s2)CN1c1ccccc1F. The van der Waals surface area contributed by atoms with Crippen molar-refractivity contribution < 1.29 is 14.0 Å². The molecule has 5 nitrogen and oxygen atoms in total. The zero-order valence-electron chi connectivity index (χ0n) is 15.8. The lowest BCUT2D eigenvalue weighted by Crippen LogP contribution is -2.37. The number of carbonyl (C=O) groups is 2. The van der Waals surface area contributed by atoms with Crippen molar-refractivity contribution in [1.82, 2.24) is 9.88 Å². The van der Waals surface area contributed by atoms with Crippen LogP contribution in [-0.4, -0.2) is 34.8 Å². The summed E-state index contributed by atoms with van der Waals surface area (Å²) < 4.78 is 15.2. The first-order valence-electron chi connectivity index (χ1n) is 9.82. The third kappa shape index (κ3) is 3.19. The number of nitrogens with zero attached hydrogens (tertiary/aromatic N) is 3. The first-order valence-corrected chi connectivity index (χ1v) is 10.6. The van der Waals surface area contributed by atoms with Gasteiger partial charge in [-0.2, -0.15) is 0 Å². The Kier molecular flexibility index (Phi) is 4.54. The van der Waals surface area contributed by atoms with Gasteiger partial charge < -0.3 is 9.80 Å². The number of benzene rings is 2. The molecule has 3 heterocycles. The van der Waals surface area contributed by atoms with Crippen molar-refractivity contribution >= 4 is 39.1 Å². The molecule has 2 fully saturated rings. The van der Waals surface area contributed by atoms with E-state index in [1.54, 1.807) is 29.5 Å². The van der Waals surface area contributed by atoms with E-state index in [1.165, 1.54) is 11.0 Å². The summed E-state index contributed by atoms with van der Waals surface area (Å²) in [6.45, 7) is 0.894. The fraction of sp³-hybridized carbons (Fsp3) is 0.318. The molecule has 0 aliphatic carbocycles. The van der Waals surface area contributed by atoms with Crippen LogP contribution in [0, 0.1) is 11.7 Å². The number of halogens is 1. The lowest BCUT2D eigenvalue weighted by molar-refractivity contribution is -0.136. The number of para-hydroxylation sites is 2. The Morgan fingerprint density at radius 2 is 1.93 bits per heavy atom. The minimum Gasteiger partial charge on any atom is -0.333 e. The van der Waals surface area contributed by atoms with Crippen LogP contribution < -0.4 is 4.90 Å². The van der Waals surface area contributed by atoms with E-state index in [9.17, 15) is 14.0 Å². The number of anilines is 1. The summed E-state index contributed by atoms with van der Waals surface area (Å²) >= 11 is 1.63. The van der Waals surface area contributed by atoms with E-state index in [0.29, 0.717) is 6.54 Å². The number of carbonyl (C=O) groups excluding carboxylic acids is 2. The Bertz CT molecular complexity index is 1070. The number of aromatic nitrogens is 1. The number of thiazole rings is 1. The molecule has 148 valence electrons. The molecule has 0 bridgehead atoms. The summed E-state index contributed by atoms with van der Waals surface area (Å²) in [5.41, 5.74) is 1.20. The highest BCUT2D eigenvalue weighted by Gasteiger charge is 2.41. The van der Waals surface area contributed by atoms with Gasteiger partial charge in [0.2, 0.25) is 11.8 Å². The van der Waals surface area contributed by atoms with E-state index < -0.39 is 11.7 Å². The molecule has 3 aromatic rings. The average molecular weight is 409 g/mol. The lowest BCUT2D eigenvalue weighted by Gasteiger charge is -2.26. The zero-order chi connectivity index (χ0) is 20.0. The molecule has 2 atom stereocenters. The number of fused-ring (bicyclic) bond motifs is 1. The van der Waals surface area contributed by atoms with Crippen molar-refractivity contribution in [2.24, 2.45) is 5.92 Å². The Balaban J connectivity index is 1.37. The van der Waals surface area contributed by atoms with Crippen LogP contribution in [0.3, 0.4) is 0 Å². The van der Waals surface area contributed by atoms with E-state index in [-0.39, 0.29) is 36.5 Å². The van der Waals surface area contributed by atoms with Crippen molar-refractivity contribution in [1.29, 1.82) is 0 Å². The van der Waals surface area contributed by atoms with E-state index in [0.717, 1.165) is 28.1 Å². The summed E-state index contributed by atoms with van der Waals surface area (Å²) in [6, 6.07) is 14.1. The fourth-order valence-corrected chi connectivity index (χ4v) is 5.45. The predicted octanol–water partition coefficient (Wildman–Crippen LogP) is 4.15. The van der Waals surface area contributed by atoms with Gasteiger partial charge in [0.05, 0.1) is 27.9 Å². The van der Waals surface area contributed by atoms with Gasteiger partial charge in [0, 0.05) is 19.5 Å². The monoisotopic (exact) mass is 409 g/mol. The van der Waals surface area contributed by atoms with Crippen molar-refractivity contribution in [3.05, 3.63) is 59.4 Å². The van der Waals surface area contributed by atoms with Crippen LogP contribution in [0.5, 0.6) is 0 Å². The van der Waals surface area contributed by atoms with Crippen molar-refractivity contribution in [3.8, 4) is 0 Å². The maximum atomic E-state index is 14.1. The van der Waals surface area contributed by atoms with Gasteiger partial charge >= 0.3 is 0 Å². The average Bonchev–Trinajstić information content (AvgIpc) is 3.45. The summed E-state index contributed by atoms with van der Waals surface area (Å²) in [4.78, 5) is 33.8. The highest BCUT2D eigenvalue weighted by molar-refractivity contribution is 7.18. The first kappa shape index (κ1) is 18.2. The van der Waals surface area contributed by atoms with Crippen LogP contribution in [0.4, 0.5) is 10.1 Å². The summed E-state index contributed by atoms with van der Waals surface area (Å²) in [6.07, 6.45) is 1.92. The van der Waals surface area contributed by atoms with Crippen LogP contribution in [-0.2, 0) is 9.59 Å². The molecule has 2 amide bonds. The largest absolute Gasteiger partial charge is 0.333 e. The summed E-state index contributed by atoms with van der Waals surface area (Å²) in [5.74, 6) is -1.12. The van der Waals surface area contributed by atoms with Crippen LogP contribution in [0.1, 0.15) is 30.3 Å². The fourth-order valence-electron chi connectivity index (χ4n) is 4.33. The van der Waals surface area contributed by atoms with Gasteiger partial charge in [-0.05, 0) is 37.1 Å². The van der Waals surface area contributed by atoms with E-state index in [4.69, 9.17) is 4.98 Å². The molecule has 0 N–H and O–H groups in total. The molecule has 5 rings (SSSR count). The molecular formula is C22H20FN3O2S. The van der Waals surface area contributed by atoms with Crippen LogP contribution in [0.15, 0.2) is 48.5 Å². The molecule has 29 heavy (non-hydrogen) atoms. The molecule has 0 saturated carbocycles. The Morgan fingerprint density at radius 3 is 2.76 bits per heavy atom. The molecule has 2 aliphatic heterocycles. The Hall–Kier alpha value is -2.80. The standard InChI is InChI=1S/C22H20FN3O2S/c23-15-6-1-3-8-17(15)26-13-14(12-20(26)27)22(28)25-11-5-9-18(25)21-24-16-7-2-4-10-19(16)29-21/h1-4,6-8,10,14,18H,5,9,11-13H2/t14-,18-/m1/s1. The molecule has 0 unspecified atom stereocenters. The van der Waals surface area contributed by atoms with Gasteiger partial charge in [-0.25, -0.2) is 9.37 Å². The minimum atomic E-state index is -0.447. The van der Waals surface area contributed by atoms with Gasteiger partial charge in [-0.15, -0.1) is 11.3 Å². The molecule has 1 aromatic heterocycles. The maximum Gasteiger partial charge on any atom is 0.228 e. The third-order valence-electron chi connectivity index (χ3n) is 5.75. The highest BCUT2D eigenvalue weighted by Crippen LogP contribution is 2.38. The first-order chi connectivity index (χ1) is 14.1. The van der Waals surface area contributed by atoms with Crippen molar-refractivity contribution in [3.63, 3.8) is 0 Å². The summed E-state index contributed by atoms with van der Waals surface area (Å²) in [5, 5.41) is 0.951. The Morgan fingerprint density at radius 1 is 1.14 bits per heavy atom. The summed E-state index contributed by atoms with van der Waals surface area (Å²) in [7, 11) is 0. The number of rotatable bonds is 3. The Labute approximate surface area is 171 Å². The van der Waals surface area contributed by atoms with Gasteiger partial charge in [-0.3, -0.25) is 9.59 Å². The topological polar surface area (TPSA) is 53.5 Å². The van der Waals surface area contributed by atoms with Crippen LogP contribution in [0.2, 0.25) is 0 Å². The zero-order valence-corrected chi connectivity index (χ0v) is 16.6. The number of amides is 2. The minimum absolute atomic E-state index is 0.0288. The molecule has 0 radical (unpaired) electrons. The predicted molar refractivity (Wildman–Crippen MR) is 110 cm³/mol. The van der Waals surface area contributed by atoms with Gasteiger partial charge in [0.15, 0.2) is 0 Å². The van der Waals surface area contributed by atoms with Crippen LogP contribution >= 0.6 is 11.3 Å². The molecule has 2 aromatic carbocycles. The smallest absolute Gasteiger partial charge is 0.228 e. The van der Waals surface area contributed by atoms with Gasteiger partial charge in [-0.1, -0.05) is 24.3 Å². The second-order valence-corrected chi connectivity index (χ2v) is 8.63. The molecular weight excluding hydrogens is 389 g/mol. The third-order valence-corrected chi connectivity index (χ3v) is 6.89. The number of likely N-dealkylation sites (tertiary alicyclic amines) is 1. The van der Waals surface area contributed by atoms with Crippen molar-refractivity contribution in [2.75, 3.05) is 18.0 Å². The van der Waals surface area contributed by atoms with E-state index in [1.807, 2.05) is 29.2 Å². The molecule has 0 spiro atoms. The van der Waals surface area contributed by atoms with E-state index in [2.05, 4.69) is 0 Å². The number of hydrogen-bond donors (Lipinski definition) is 0. The van der Waals surface area contributed by atoms with Gasteiger partial charge in [0.25, 0.3) is 0 Å². The highest BCUT2D eigenvalue weighted by atomic mass is 32.1. The molecule has 2 aliphatic rings. The second kappa shape index (κ2) is 7.22. The normalized spacial score (nSPS) is 22.0. The second-order valence-electron chi connectivity index (χ2n) is 7.57. The van der Waals surface area contributed by atoms with Gasteiger partial charge in [0.1, 0.15) is 10.8 Å². The lowest BCUT2D eigenvalue weighted by atomic mass is 10.1. The molecule has 2 saturated heterocycles. The van der Waals surface area contributed by atoms with Crippen molar-refractivity contribution in [2.45, 2.75) is 25.3 Å². The maximum absolute atomic E-state index is 14.1. The van der Waals surface area contributed by atoms with Crippen LogP contribution in [0.25, 0.3) is 10.2 Å². The van der Waals surface area contributed by atoms with E-state index >= 15 is 0 Å².